The lowest BCUT2D eigenvalue weighted by atomic mass is 9.89. The van der Waals surface area contributed by atoms with E-state index in [9.17, 15) is 14.0 Å². The highest BCUT2D eigenvalue weighted by molar-refractivity contribution is 6.10. The molecule has 0 aromatic heterocycles. The van der Waals surface area contributed by atoms with Gasteiger partial charge in [-0.2, -0.15) is 0 Å². The second-order valence-electron chi connectivity index (χ2n) is 6.28. The van der Waals surface area contributed by atoms with Gasteiger partial charge in [-0.1, -0.05) is 36.4 Å². The molecule has 4 nitrogen and oxygen atoms in total. The summed E-state index contributed by atoms with van der Waals surface area (Å²) in [5.41, 5.74) is -0.142. The number of rotatable bonds is 6. The summed E-state index contributed by atoms with van der Waals surface area (Å²) < 4.78 is 13.7. The van der Waals surface area contributed by atoms with Gasteiger partial charge in [-0.15, -0.1) is 0 Å². The lowest BCUT2D eigenvalue weighted by Crippen LogP contribution is -2.49. The summed E-state index contributed by atoms with van der Waals surface area (Å²) in [6.07, 6.45) is 0. The van der Waals surface area contributed by atoms with Crippen LogP contribution >= 0.6 is 0 Å². The molecule has 0 fully saturated rings. The van der Waals surface area contributed by atoms with Crippen LogP contribution < -0.4 is 10.2 Å². The topological polar surface area (TPSA) is 49.4 Å². The van der Waals surface area contributed by atoms with E-state index in [1.165, 1.54) is 6.07 Å². The van der Waals surface area contributed by atoms with E-state index in [2.05, 4.69) is 5.32 Å². The average Bonchev–Trinajstić information content (AvgIpc) is 2.62. The van der Waals surface area contributed by atoms with Gasteiger partial charge in [-0.3, -0.25) is 9.59 Å². The maximum absolute atomic E-state index is 13.7. The minimum absolute atomic E-state index is 0.0413. The molecule has 0 saturated carbocycles. The number of hydrogen-bond acceptors (Lipinski definition) is 2. The third-order valence-corrected chi connectivity index (χ3v) is 4.13. The summed E-state index contributed by atoms with van der Waals surface area (Å²) in [5.74, 6) is -1.12. The molecule has 5 heteroatoms. The van der Waals surface area contributed by atoms with Crippen molar-refractivity contribution < 1.29 is 14.0 Å². The van der Waals surface area contributed by atoms with Crippen molar-refractivity contribution in [3.8, 4) is 0 Å². The third kappa shape index (κ3) is 4.24. The van der Waals surface area contributed by atoms with E-state index in [4.69, 9.17) is 0 Å². The molecule has 2 amide bonds. The fraction of sp³-hybridized carbons (Fsp3) is 0.300. The molecule has 132 valence electrons. The van der Waals surface area contributed by atoms with Crippen molar-refractivity contribution in [1.82, 2.24) is 5.32 Å². The number of halogens is 1. The summed E-state index contributed by atoms with van der Waals surface area (Å²) in [6, 6.07) is 15.4. The first-order chi connectivity index (χ1) is 11.9. The SMILES string of the molecule is CCN(C(=O)C(C)(C)C(=O)NCc1ccccc1F)c1ccccc1. The molecular formula is C20H23FN2O2. The Morgan fingerprint density at radius 1 is 1.04 bits per heavy atom. The smallest absolute Gasteiger partial charge is 0.242 e. The Kier molecular flexibility index (Phi) is 5.91. The number of carbonyl (C=O) groups excluding carboxylic acids is 2. The van der Waals surface area contributed by atoms with Crippen molar-refractivity contribution in [2.75, 3.05) is 11.4 Å². The zero-order chi connectivity index (χ0) is 18.4. The molecule has 0 unspecified atom stereocenters. The van der Waals surface area contributed by atoms with Crippen LogP contribution in [-0.4, -0.2) is 18.4 Å². The Morgan fingerprint density at radius 2 is 1.64 bits per heavy atom. The highest BCUT2D eigenvalue weighted by atomic mass is 19.1. The van der Waals surface area contributed by atoms with Gasteiger partial charge in [0.15, 0.2) is 0 Å². The van der Waals surface area contributed by atoms with Gasteiger partial charge in [0, 0.05) is 24.3 Å². The average molecular weight is 342 g/mol. The van der Waals surface area contributed by atoms with Crippen LogP contribution in [0.4, 0.5) is 10.1 Å². The van der Waals surface area contributed by atoms with Crippen LogP contribution in [0, 0.1) is 11.2 Å². The Hall–Kier alpha value is -2.69. The molecule has 0 saturated heterocycles. The first-order valence-electron chi connectivity index (χ1n) is 8.26. The van der Waals surface area contributed by atoms with E-state index in [-0.39, 0.29) is 18.3 Å². The molecule has 2 aromatic carbocycles. The zero-order valence-electron chi connectivity index (χ0n) is 14.8. The quantitative estimate of drug-likeness (QED) is 0.817. The second-order valence-corrected chi connectivity index (χ2v) is 6.28. The van der Waals surface area contributed by atoms with E-state index >= 15 is 0 Å². The molecular weight excluding hydrogens is 319 g/mol. The maximum atomic E-state index is 13.7. The van der Waals surface area contributed by atoms with Crippen molar-refractivity contribution in [2.24, 2.45) is 5.41 Å². The van der Waals surface area contributed by atoms with Crippen LogP contribution in [0.1, 0.15) is 26.3 Å². The van der Waals surface area contributed by atoms with E-state index < -0.39 is 11.3 Å². The van der Waals surface area contributed by atoms with E-state index in [1.807, 2.05) is 37.3 Å². The Balaban J connectivity index is 2.11. The predicted octanol–water partition coefficient (Wildman–Crippen LogP) is 3.52. The molecule has 0 aliphatic carbocycles. The Morgan fingerprint density at radius 3 is 2.24 bits per heavy atom. The molecule has 2 aromatic rings. The highest BCUT2D eigenvalue weighted by Gasteiger charge is 2.39. The van der Waals surface area contributed by atoms with Gasteiger partial charge in [0.1, 0.15) is 11.2 Å². The molecule has 0 aliphatic heterocycles. The van der Waals surface area contributed by atoms with Gasteiger partial charge in [0.25, 0.3) is 0 Å². The van der Waals surface area contributed by atoms with Crippen molar-refractivity contribution in [3.05, 3.63) is 66.0 Å². The van der Waals surface area contributed by atoms with Crippen LogP contribution in [0.3, 0.4) is 0 Å². The van der Waals surface area contributed by atoms with E-state index in [1.54, 1.807) is 36.9 Å². The fourth-order valence-corrected chi connectivity index (χ4v) is 2.52. The van der Waals surface area contributed by atoms with Crippen LogP contribution in [0.2, 0.25) is 0 Å². The first kappa shape index (κ1) is 18.6. The molecule has 0 heterocycles. The summed E-state index contributed by atoms with van der Waals surface area (Å²) in [7, 11) is 0. The van der Waals surface area contributed by atoms with Crippen molar-refractivity contribution >= 4 is 17.5 Å². The summed E-state index contributed by atoms with van der Waals surface area (Å²) in [5, 5.41) is 2.66. The zero-order valence-corrected chi connectivity index (χ0v) is 14.8. The number of amides is 2. The normalized spacial score (nSPS) is 11.0. The largest absolute Gasteiger partial charge is 0.351 e. The van der Waals surface area contributed by atoms with Crippen molar-refractivity contribution in [3.63, 3.8) is 0 Å². The number of benzene rings is 2. The standard InChI is InChI=1S/C20H23FN2O2/c1-4-23(16-11-6-5-7-12-16)19(25)20(2,3)18(24)22-14-15-10-8-9-13-17(15)21/h5-13H,4,14H2,1-3H3,(H,22,24). The number of anilines is 1. The minimum Gasteiger partial charge on any atom is -0.351 e. The Bertz CT molecular complexity index is 744. The van der Waals surface area contributed by atoms with Gasteiger partial charge >= 0.3 is 0 Å². The maximum Gasteiger partial charge on any atom is 0.242 e. The molecule has 0 atom stereocenters. The molecule has 25 heavy (non-hydrogen) atoms. The van der Waals surface area contributed by atoms with Gasteiger partial charge in [-0.25, -0.2) is 4.39 Å². The van der Waals surface area contributed by atoms with Gasteiger partial charge in [0.2, 0.25) is 11.8 Å². The minimum atomic E-state index is -1.27. The van der Waals surface area contributed by atoms with Gasteiger partial charge in [-0.05, 0) is 39.0 Å². The van der Waals surface area contributed by atoms with Gasteiger partial charge in [0.05, 0.1) is 0 Å². The summed E-state index contributed by atoms with van der Waals surface area (Å²) in [6.45, 7) is 5.51. The Labute approximate surface area is 147 Å². The van der Waals surface area contributed by atoms with Crippen molar-refractivity contribution in [1.29, 1.82) is 0 Å². The lowest BCUT2D eigenvalue weighted by Gasteiger charge is -2.30. The first-order valence-corrected chi connectivity index (χ1v) is 8.26. The number of para-hydroxylation sites is 1. The molecule has 0 bridgehead atoms. The van der Waals surface area contributed by atoms with Crippen molar-refractivity contribution in [2.45, 2.75) is 27.3 Å². The third-order valence-electron chi connectivity index (χ3n) is 4.13. The molecule has 0 spiro atoms. The van der Waals surface area contributed by atoms with Crippen LogP contribution in [0.15, 0.2) is 54.6 Å². The molecule has 0 aliphatic rings. The summed E-state index contributed by atoms with van der Waals surface area (Å²) in [4.78, 5) is 27.0. The van der Waals surface area contributed by atoms with Crippen LogP contribution in [0.5, 0.6) is 0 Å². The van der Waals surface area contributed by atoms with E-state index in [0.29, 0.717) is 12.1 Å². The monoisotopic (exact) mass is 342 g/mol. The number of carbonyl (C=O) groups is 2. The molecule has 0 radical (unpaired) electrons. The molecule has 1 N–H and O–H groups in total. The van der Waals surface area contributed by atoms with Crippen LogP contribution in [-0.2, 0) is 16.1 Å². The highest BCUT2D eigenvalue weighted by Crippen LogP contribution is 2.24. The fourth-order valence-electron chi connectivity index (χ4n) is 2.52. The van der Waals surface area contributed by atoms with E-state index in [0.717, 1.165) is 5.69 Å². The number of hydrogen-bond donors (Lipinski definition) is 1. The number of nitrogens with one attached hydrogen (secondary N) is 1. The summed E-state index contributed by atoms with van der Waals surface area (Å²) >= 11 is 0. The number of nitrogens with zero attached hydrogens (tertiary/aromatic N) is 1. The van der Waals surface area contributed by atoms with Crippen LogP contribution in [0.25, 0.3) is 0 Å². The second kappa shape index (κ2) is 7.92. The van der Waals surface area contributed by atoms with Gasteiger partial charge < -0.3 is 10.2 Å². The molecule has 2 rings (SSSR count). The lowest BCUT2D eigenvalue weighted by molar-refractivity contribution is -0.139. The predicted molar refractivity (Wildman–Crippen MR) is 96.5 cm³/mol.